The Bertz CT molecular complexity index is 800. The van der Waals surface area contributed by atoms with E-state index in [1.807, 2.05) is 88.2 Å². The minimum absolute atomic E-state index is 0.0468. The second-order valence-corrected chi connectivity index (χ2v) is 7.10. The van der Waals surface area contributed by atoms with E-state index in [0.29, 0.717) is 38.2 Å². The predicted molar refractivity (Wildman–Crippen MR) is 124 cm³/mol. The number of nitrogens with zero attached hydrogens (tertiary/aromatic N) is 3. The number of likely N-dealkylation sites (N-methyl/N-ethyl adjacent to an activating group) is 1. The lowest BCUT2D eigenvalue weighted by atomic mass is 9.85. The molecule has 5 heteroatoms. The van der Waals surface area contributed by atoms with Gasteiger partial charge in [-0.25, -0.2) is 0 Å². The number of benzene rings is 2. The third-order valence-electron chi connectivity index (χ3n) is 5.58. The predicted octanol–water partition coefficient (Wildman–Crippen LogP) is 4.65. The Morgan fingerprint density at radius 1 is 0.833 bits per heavy atom. The van der Waals surface area contributed by atoms with E-state index >= 15 is 0 Å². The number of rotatable bonds is 2. The van der Waals surface area contributed by atoms with Crippen LogP contribution in [0.3, 0.4) is 0 Å². The first-order chi connectivity index (χ1) is 14.6. The summed E-state index contributed by atoms with van der Waals surface area (Å²) in [6, 6.07) is 19.4. The van der Waals surface area contributed by atoms with E-state index in [4.69, 9.17) is 0 Å². The highest BCUT2D eigenvalue weighted by Crippen LogP contribution is 2.39. The van der Waals surface area contributed by atoms with Crippen LogP contribution in [-0.4, -0.2) is 54.0 Å². The molecule has 2 aromatic carbocycles. The maximum absolute atomic E-state index is 13.0. The van der Waals surface area contributed by atoms with Crippen LogP contribution in [0.25, 0.3) is 0 Å². The summed E-state index contributed by atoms with van der Waals surface area (Å²) in [5.74, 6) is 0.207. The Labute approximate surface area is 181 Å². The number of amides is 2. The van der Waals surface area contributed by atoms with Crippen LogP contribution in [0.15, 0.2) is 60.7 Å². The van der Waals surface area contributed by atoms with Gasteiger partial charge in [0, 0.05) is 31.4 Å². The molecular weight excluding hydrogens is 374 g/mol. The molecule has 0 radical (unpaired) electrons. The first-order valence-electron chi connectivity index (χ1n) is 11.0. The van der Waals surface area contributed by atoms with E-state index < -0.39 is 5.54 Å². The largest absolute Gasteiger partial charge is 0.339 e. The van der Waals surface area contributed by atoms with E-state index in [1.54, 1.807) is 4.90 Å². The van der Waals surface area contributed by atoms with Gasteiger partial charge >= 0.3 is 0 Å². The van der Waals surface area contributed by atoms with Crippen molar-refractivity contribution in [3.63, 3.8) is 0 Å². The third-order valence-corrected chi connectivity index (χ3v) is 5.58. The highest BCUT2D eigenvalue weighted by Gasteiger charge is 2.53. The van der Waals surface area contributed by atoms with Crippen molar-refractivity contribution < 1.29 is 9.59 Å². The summed E-state index contributed by atoms with van der Waals surface area (Å²) in [5.41, 5.74) is 1.23. The van der Waals surface area contributed by atoms with Crippen molar-refractivity contribution in [1.82, 2.24) is 9.80 Å². The summed E-state index contributed by atoms with van der Waals surface area (Å²) in [7, 11) is 1.86. The molecule has 0 bridgehead atoms. The molecule has 1 spiro atoms. The molecule has 0 N–H and O–H groups in total. The molecule has 2 heterocycles. The molecule has 2 aromatic rings. The number of hydrogen-bond donors (Lipinski definition) is 0. The van der Waals surface area contributed by atoms with Crippen LogP contribution in [-0.2, 0) is 4.79 Å². The highest BCUT2D eigenvalue weighted by molar-refractivity contribution is 5.96. The van der Waals surface area contributed by atoms with Gasteiger partial charge in [-0.05, 0) is 37.1 Å². The first kappa shape index (κ1) is 23.5. The number of para-hydroxylation sites is 1. The molecule has 2 amide bonds. The quantitative estimate of drug-likeness (QED) is 0.725. The lowest BCUT2D eigenvalue weighted by molar-refractivity contribution is -0.132. The lowest BCUT2D eigenvalue weighted by Crippen LogP contribution is -2.57. The summed E-state index contributed by atoms with van der Waals surface area (Å²) < 4.78 is 0. The zero-order chi connectivity index (χ0) is 22.1. The van der Waals surface area contributed by atoms with Crippen molar-refractivity contribution in [3.8, 4) is 0 Å². The van der Waals surface area contributed by atoms with Crippen LogP contribution in [0, 0.1) is 0 Å². The van der Waals surface area contributed by atoms with Gasteiger partial charge in [-0.15, -0.1) is 0 Å². The second kappa shape index (κ2) is 10.8. The zero-order valence-corrected chi connectivity index (χ0v) is 19.0. The van der Waals surface area contributed by atoms with Crippen LogP contribution in [0.5, 0.6) is 0 Å². The van der Waals surface area contributed by atoms with Gasteiger partial charge < -0.3 is 14.7 Å². The molecule has 0 unspecified atom stereocenters. The molecule has 30 heavy (non-hydrogen) atoms. The van der Waals surface area contributed by atoms with Crippen molar-refractivity contribution in [2.45, 2.75) is 46.1 Å². The van der Waals surface area contributed by atoms with Crippen molar-refractivity contribution in [2.75, 3.05) is 31.7 Å². The van der Waals surface area contributed by atoms with Crippen LogP contribution in [0.2, 0.25) is 0 Å². The average molecular weight is 410 g/mol. The zero-order valence-electron chi connectivity index (χ0n) is 19.0. The standard InChI is InChI=1S/C21H23N3O2.2C2H6/c1-22-16-24(18-10-6-3-7-11-18)21(20(22)26)12-14-23(15-13-21)19(25)17-8-4-2-5-9-17;2*1-2/h2-11H,12-16H2,1H3;2*1-2H3. The van der Waals surface area contributed by atoms with Crippen molar-refractivity contribution in [2.24, 2.45) is 0 Å². The average Bonchev–Trinajstić information content (AvgIpc) is 3.08. The summed E-state index contributed by atoms with van der Waals surface area (Å²) in [5, 5.41) is 0. The Hall–Kier alpha value is -2.82. The fourth-order valence-electron chi connectivity index (χ4n) is 4.15. The second-order valence-electron chi connectivity index (χ2n) is 7.10. The number of hydrogen-bond acceptors (Lipinski definition) is 3. The molecule has 2 saturated heterocycles. The summed E-state index contributed by atoms with van der Waals surface area (Å²) >= 11 is 0. The molecule has 2 aliphatic rings. The van der Waals surface area contributed by atoms with E-state index in [2.05, 4.69) is 17.0 Å². The Morgan fingerprint density at radius 2 is 1.33 bits per heavy atom. The van der Waals surface area contributed by atoms with Crippen LogP contribution < -0.4 is 4.90 Å². The molecule has 0 atom stereocenters. The molecule has 0 aliphatic carbocycles. The van der Waals surface area contributed by atoms with Crippen molar-refractivity contribution in [1.29, 1.82) is 0 Å². The van der Waals surface area contributed by atoms with E-state index in [9.17, 15) is 9.59 Å². The SMILES string of the molecule is CC.CC.CN1CN(c2ccccc2)C2(CCN(C(=O)c3ccccc3)CC2)C1=O. The topological polar surface area (TPSA) is 43.9 Å². The molecule has 0 aromatic heterocycles. The molecule has 5 nitrogen and oxygen atoms in total. The van der Waals surface area contributed by atoms with Crippen molar-refractivity contribution >= 4 is 17.5 Å². The van der Waals surface area contributed by atoms with Crippen LogP contribution in [0.1, 0.15) is 50.9 Å². The van der Waals surface area contributed by atoms with E-state index in [0.717, 1.165) is 5.69 Å². The summed E-state index contributed by atoms with van der Waals surface area (Å²) in [4.78, 5) is 31.6. The van der Waals surface area contributed by atoms with Gasteiger partial charge in [0.15, 0.2) is 0 Å². The van der Waals surface area contributed by atoms with E-state index in [-0.39, 0.29) is 11.8 Å². The Kier molecular flexibility index (Phi) is 8.46. The minimum atomic E-state index is -0.538. The fraction of sp³-hybridized carbons (Fsp3) is 0.440. The molecule has 4 rings (SSSR count). The van der Waals surface area contributed by atoms with Gasteiger partial charge in [-0.2, -0.15) is 0 Å². The van der Waals surface area contributed by atoms with Crippen LogP contribution >= 0.6 is 0 Å². The summed E-state index contributed by atoms with van der Waals surface area (Å²) in [6.45, 7) is 9.78. The third kappa shape index (κ3) is 4.50. The maximum atomic E-state index is 13.0. The minimum Gasteiger partial charge on any atom is -0.339 e. The molecule has 162 valence electrons. The first-order valence-corrected chi connectivity index (χ1v) is 11.0. The fourth-order valence-corrected chi connectivity index (χ4v) is 4.15. The number of anilines is 1. The highest BCUT2D eigenvalue weighted by atomic mass is 16.2. The number of likely N-dealkylation sites (tertiary alicyclic amines) is 1. The van der Waals surface area contributed by atoms with Gasteiger partial charge in [0.1, 0.15) is 5.54 Å². The van der Waals surface area contributed by atoms with Gasteiger partial charge in [0.2, 0.25) is 5.91 Å². The molecule has 0 saturated carbocycles. The summed E-state index contributed by atoms with van der Waals surface area (Å²) in [6.07, 6.45) is 1.31. The van der Waals surface area contributed by atoms with Gasteiger partial charge in [0.05, 0.1) is 6.67 Å². The maximum Gasteiger partial charge on any atom is 0.253 e. The smallest absolute Gasteiger partial charge is 0.253 e. The monoisotopic (exact) mass is 409 g/mol. The number of piperidine rings is 1. The number of carbonyl (C=O) groups excluding carboxylic acids is 2. The Balaban J connectivity index is 0.000000757. The van der Waals surface area contributed by atoms with Crippen molar-refractivity contribution in [3.05, 3.63) is 66.2 Å². The molecule has 2 aliphatic heterocycles. The normalized spacial score (nSPS) is 17.1. The Morgan fingerprint density at radius 3 is 1.87 bits per heavy atom. The number of carbonyl (C=O) groups is 2. The van der Waals surface area contributed by atoms with Gasteiger partial charge in [0.25, 0.3) is 5.91 Å². The van der Waals surface area contributed by atoms with E-state index in [1.165, 1.54) is 0 Å². The van der Waals surface area contributed by atoms with Gasteiger partial charge in [-0.3, -0.25) is 9.59 Å². The molecular formula is C25H35N3O2. The van der Waals surface area contributed by atoms with Gasteiger partial charge in [-0.1, -0.05) is 64.1 Å². The molecule has 2 fully saturated rings. The van der Waals surface area contributed by atoms with Crippen LogP contribution in [0.4, 0.5) is 5.69 Å². The lowest BCUT2D eigenvalue weighted by Gasteiger charge is -2.43.